The lowest BCUT2D eigenvalue weighted by Crippen LogP contribution is -2.44. The number of nitrogens with zero attached hydrogens (tertiary/aromatic N) is 1. The third-order valence-corrected chi connectivity index (χ3v) is 3.46. The van der Waals surface area contributed by atoms with Crippen molar-refractivity contribution in [2.45, 2.75) is 46.5 Å². The second kappa shape index (κ2) is 6.21. The number of unbranched alkanes of at least 4 members (excludes halogenated alkanes) is 1. The highest BCUT2D eigenvalue weighted by Gasteiger charge is 2.57. The summed E-state index contributed by atoms with van der Waals surface area (Å²) in [7, 11) is 1.80. The first kappa shape index (κ1) is 15.0. The lowest BCUT2D eigenvalue weighted by atomic mass is 10.0. The highest BCUT2D eigenvalue weighted by atomic mass is 16.2. The number of hydrogen-bond acceptors (Lipinski definition) is 2. The summed E-state index contributed by atoms with van der Waals surface area (Å²) in [6.45, 7) is 7.59. The van der Waals surface area contributed by atoms with Crippen molar-refractivity contribution in [3.63, 3.8) is 0 Å². The fraction of sp³-hybridized carbons (Fsp3) is 0.857. The van der Waals surface area contributed by atoms with Crippen LogP contribution in [0.25, 0.3) is 0 Å². The molecule has 0 aliphatic heterocycles. The smallest absolute Gasteiger partial charge is 0.238 e. The van der Waals surface area contributed by atoms with Crippen LogP contribution in [0.15, 0.2) is 0 Å². The number of carbonyl (C=O) groups is 2. The molecule has 0 heterocycles. The van der Waals surface area contributed by atoms with Crippen LogP contribution >= 0.6 is 0 Å². The lowest BCUT2D eigenvalue weighted by molar-refractivity contribution is -0.143. The summed E-state index contributed by atoms with van der Waals surface area (Å²) in [5.74, 6) is 0.333. The molecule has 0 saturated heterocycles. The van der Waals surface area contributed by atoms with Crippen molar-refractivity contribution in [3.05, 3.63) is 0 Å². The Balaban J connectivity index is 2.52. The van der Waals surface area contributed by atoms with E-state index in [1.54, 1.807) is 11.9 Å². The normalized spacial score (nSPS) is 16.5. The van der Waals surface area contributed by atoms with E-state index in [1.165, 1.54) is 0 Å². The summed E-state index contributed by atoms with van der Waals surface area (Å²) in [6, 6.07) is 0. The van der Waals surface area contributed by atoms with Gasteiger partial charge < -0.3 is 10.2 Å². The monoisotopic (exact) mass is 254 g/mol. The van der Waals surface area contributed by atoms with Crippen molar-refractivity contribution in [1.29, 1.82) is 0 Å². The number of rotatable bonds is 7. The first-order valence-corrected chi connectivity index (χ1v) is 6.98. The van der Waals surface area contributed by atoms with Gasteiger partial charge in [0.25, 0.3) is 0 Å². The van der Waals surface area contributed by atoms with Crippen LogP contribution in [0, 0.1) is 11.3 Å². The summed E-state index contributed by atoms with van der Waals surface area (Å²) < 4.78 is 0. The van der Waals surface area contributed by atoms with Gasteiger partial charge in [-0.3, -0.25) is 9.59 Å². The zero-order chi connectivity index (χ0) is 13.8. The maximum Gasteiger partial charge on any atom is 0.238 e. The Morgan fingerprint density at radius 1 is 1.33 bits per heavy atom. The summed E-state index contributed by atoms with van der Waals surface area (Å²) >= 11 is 0. The first-order chi connectivity index (χ1) is 8.44. The van der Waals surface area contributed by atoms with Gasteiger partial charge in [-0.25, -0.2) is 0 Å². The minimum Gasteiger partial charge on any atom is -0.355 e. The highest BCUT2D eigenvalue weighted by Crippen LogP contribution is 2.47. The lowest BCUT2D eigenvalue weighted by Gasteiger charge is -2.23. The van der Waals surface area contributed by atoms with Gasteiger partial charge in [-0.05, 0) is 25.2 Å². The molecular weight excluding hydrogens is 228 g/mol. The van der Waals surface area contributed by atoms with Crippen LogP contribution in [0.4, 0.5) is 0 Å². The molecule has 0 radical (unpaired) electrons. The predicted octanol–water partition coefficient (Wildman–Crippen LogP) is 1.80. The van der Waals surface area contributed by atoms with E-state index in [0.717, 1.165) is 19.4 Å². The van der Waals surface area contributed by atoms with E-state index >= 15 is 0 Å². The van der Waals surface area contributed by atoms with E-state index in [-0.39, 0.29) is 11.8 Å². The average molecular weight is 254 g/mol. The molecule has 0 bridgehead atoms. The quantitative estimate of drug-likeness (QED) is 0.704. The molecule has 104 valence electrons. The molecule has 1 aliphatic rings. The van der Waals surface area contributed by atoms with Crippen molar-refractivity contribution >= 4 is 11.8 Å². The third kappa shape index (κ3) is 3.47. The predicted molar refractivity (Wildman–Crippen MR) is 72.1 cm³/mol. The zero-order valence-electron chi connectivity index (χ0n) is 12.1. The Kier molecular flexibility index (Phi) is 5.17. The summed E-state index contributed by atoms with van der Waals surface area (Å²) in [6.07, 6.45) is 3.45. The molecule has 1 N–H and O–H groups in total. The van der Waals surface area contributed by atoms with Crippen molar-refractivity contribution < 1.29 is 9.59 Å². The fourth-order valence-corrected chi connectivity index (χ4v) is 1.99. The van der Waals surface area contributed by atoms with E-state index in [2.05, 4.69) is 26.1 Å². The van der Waals surface area contributed by atoms with Gasteiger partial charge in [0.1, 0.15) is 5.41 Å². The maximum atomic E-state index is 12.3. The Hall–Kier alpha value is -1.06. The molecule has 1 aliphatic carbocycles. The zero-order valence-corrected chi connectivity index (χ0v) is 12.1. The number of nitrogens with one attached hydrogen (secondary N) is 1. The van der Waals surface area contributed by atoms with Crippen molar-refractivity contribution in [2.24, 2.45) is 11.3 Å². The molecule has 0 aromatic carbocycles. The molecule has 0 spiro atoms. The summed E-state index contributed by atoms with van der Waals surface area (Å²) in [5, 5.41) is 2.89. The molecule has 4 heteroatoms. The summed E-state index contributed by atoms with van der Waals surface area (Å²) in [5.41, 5.74) is -0.739. The second-order valence-electron chi connectivity index (χ2n) is 5.77. The Labute approximate surface area is 110 Å². The van der Waals surface area contributed by atoms with Crippen molar-refractivity contribution in [3.8, 4) is 0 Å². The van der Waals surface area contributed by atoms with Gasteiger partial charge >= 0.3 is 0 Å². The molecule has 18 heavy (non-hydrogen) atoms. The molecule has 1 rings (SSSR count). The van der Waals surface area contributed by atoms with Crippen LogP contribution in [-0.4, -0.2) is 36.9 Å². The molecule has 1 saturated carbocycles. The fourth-order valence-electron chi connectivity index (χ4n) is 1.99. The molecule has 0 atom stereocenters. The molecule has 0 aromatic rings. The van der Waals surface area contributed by atoms with E-state index in [0.29, 0.717) is 25.3 Å². The van der Waals surface area contributed by atoms with Gasteiger partial charge in [0.15, 0.2) is 0 Å². The SMILES string of the molecule is CCCCN(C)C(=O)C1(C(=O)NCC(C)C)CC1. The van der Waals surface area contributed by atoms with Crippen LogP contribution in [0.5, 0.6) is 0 Å². The molecule has 2 amide bonds. The molecule has 0 aromatic heterocycles. The van der Waals surface area contributed by atoms with Crippen LogP contribution in [0.2, 0.25) is 0 Å². The topological polar surface area (TPSA) is 49.4 Å². The van der Waals surface area contributed by atoms with Crippen LogP contribution < -0.4 is 5.32 Å². The largest absolute Gasteiger partial charge is 0.355 e. The van der Waals surface area contributed by atoms with E-state index in [1.807, 2.05) is 0 Å². The highest BCUT2D eigenvalue weighted by molar-refractivity contribution is 6.07. The number of hydrogen-bond donors (Lipinski definition) is 1. The van der Waals surface area contributed by atoms with Gasteiger partial charge in [-0.15, -0.1) is 0 Å². The number of carbonyl (C=O) groups excluding carboxylic acids is 2. The van der Waals surface area contributed by atoms with Gasteiger partial charge in [-0.1, -0.05) is 27.2 Å². The van der Waals surface area contributed by atoms with Crippen LogP contribution in [0.1, 0.15) is 46.5 Å². The molecular formula is C14H26N2O2. The van der Waals surface area contributed by atoms with E-state index in [9.17, 15) is 9.59 Å². The minimum absolute atomic E-state index is 0.00259. The average Bonchev–Trinajstić information content (AvgIpc) is 3.13. The molecule has 0 unspecified atom stereocenters. The summed E-state index contributed by atoms with van der Waals surface area (Å²) in [4.78, 5) is 26.1. The van der Waals surface area contributed by atoms with E-state index < -0.39 is 5.41 Å². The molecule has 4 nitrogen and oxygen atoms in total. The van der Waals surface area contributed by atoms with Crippen LogP contribution in [0.3, 0.4) is 0 Å². The van der Waals surface area contributed by atoms with Gasteiger partial charge in [0.2, 0.25) is 11.8 Å². The molecule has 1 fully saturated rings. The van der Waals surface area contributed by atoms with Crippen LogP contribution in [-0.2, 0) is 9.59 Å². The Morgan fingerprint density at radius 2 is 1.94 bits per heavy atom. The van der Waals surface area contributed by atoms with Crippen molar-refractivity contribution in [2.75, 3.05) is 20.1 Å². The third-order valence-electron chi connectivity index (χ3n) is 3.46. The van der Waals surface area contributed by atoms with Crippen molar-refractivity contribution in [1.82, 2.24) is 10.2 Å². The standard InChI is InChI=1S/C14H26N2O2/c1-5-6-9-16(4)13(18)14(7-8-14)12(17)15-10-11(2)3/h11H,5-10H2,1-4H3,(H,15,17). The van der Waals surface area contributed by atoms with Gasteiger partial charge in [0, 0.05) is 20.1 Å². The number of amides is 2. The Bertz CT molecular complexity index is 309. The minimum atomic E-state index is -0.739. The Morgan fingerprint density at radius 3 is 2.39 bits per heavy atom. The maximum absolute atomic E-state index is 12.3. The van der Waals surface area contributed by atoms with Gasteiger partial charge in [-0.2, -0.15) is 0 Å². The first-order valence-electron chi connectivity index (χ1n) is 6.98. The second-order valence-corrected chi connectivity index (χ2v) is 5.77. The van der Waals surface area contributed by atoms with E-state index in [4.69, 9.17) is 0 Å². The van der Waals surface area contributed by atoms with Gasteiger partial charge in [0.05, 0.1) is 0 Å².